The van der Waals surface area contributed by atoms with Crippen molar-refractivity contribution in [1.82, 2.24) is 15.0 Å². The number of aromatic amines is 3. The minimum Gasteiger partial charge on any atom is -0.477 e. The molecule has 8 heteroatoms. The van der Waals surface area contributed by atoms with E-state index in [2.05, 4.69) is 20.3 Å². The summed E-state index contributed by atoms with van der Waals surface area (Å²) >= 11 is 0. The summed E-state index contributed by atoms with van der Waals surface area (Å²) in [5, 5.41) is 11.3. The molecule has 0 radical (unpaired) electrons. The van der Waals surface area contributed by atoms with E-state index in [1.165, 1.54) is 12.3 Å². The molecule has 18 heavy (non-hydrogen) atoms. The van der Waals surface area contributed by atoms with Gasteiger partial charge in [-0.05, 0) is 13.0 Å². The van der Waals surface area contributed by atoms with Crippen LogP contribution in [0.1, 0.15) is 26.7 Å². The topological polar surface area (TPSA) is 131 Å². The summed E-state index contributed by atoms with van der Waals surface area (Å²) in [7, 11) is 0. The van der Waals surface area contributed by atoms with Crippen molar-refractivity contribution in [2.24, 2.45) is 0 Å². The maximum atomic E-state index is 11.7. The first-order valence-corrected chi connectivity index (χ1v) is 4.99. The standard InChI is InChI=1S/C10H10N4O4/c1-4-2-5(7(12-4)9(16)17)13-8(15)6-3-11-10(18)14-6/h2-3,12H,1H3,(H,13,15)(H,16,17)(H2,11,14,18). The van der Waals surface area contributed by atoms with Gasteiger partial charge >= 0.3 is 11.7 Å². The summed E-state index contributed by atoms with van der Waals surface area (Å²) in [5.74, 6) is -1.78. The molecule has 5 N–H and O–H groups in total. The van der Waals surface area contributed by atoms with Gasteiger partial charge in [0.05, 0.1) is 5.69 Å². The van der Waals surface area contributed by atoms with Crippen molar-refractivity contribution in [3.8, 4) is 0 Å². The smallest absolute Gasteiger partial charge is 0.354 e. The highest BCUT2D eigenvalue weighted by Crippen LogP contribution is 2.17. The number of nitrogens with one attached hydrogen (secondary N) is 4. The predicted octanol–water partition coefficient (Wildman–Crippen LogP) is 0.290. The van der Waals surface area contributed by atoms with Crippen LogP contribution in [0.4, 0.5) is 5.69 Å². The van der Waals surface area contributed by atoms with Gasteiger partial charge in [-0.25, -0.2) is 9.59 Å². The van der Waals surface area contributed by atoms with E-state index >= 15 is 0 Å². The van der Waals surface area contributed by atoms with E-state index in [0.29, 0.717) is 5.69 Å². The van der Waals surface area contributed by atoms with Gasteiger partial charge in [-0.2, -0.15) is 0 Å². The van der Waals surface area contributed by atoms with Crippen LogP contribution >= 0.6 is 0 Å². The third kappa shape index (κ3) is 2.17. The third-order valence-corrected chi connectivity index (χ3v) is 2.25. The van der Waals surface area contributed by atoms with E-state index in [0.717, 1.165) is 0 Å². The molecule has 0 saturated heterocycles. The molecule has 0 aliphatic carbocycles. The lowest BCUT2D eigenvalue weighted by atomic mass is 10.3. The SMILES string of the molecule is Cc1cc(NC(=O)c2c[nH]c(=O)[nH]2)c(C(=O)O)[nH]1. The molecule has 0 aliphatic heterocycles. The van der Waals surface area contributed by atoms with Gasteiger partial charge in [-0.1, -0.05) is 0 Å². The lowest BCUT2D eigenvalue weighted by Crippen LogP contribution is -2.15. The Hall–Kier alpha value is -2.77. The Labute approximate surface area is 100 Å². The lowest BCUT2D eigenvalue weighted by Gasteiger charge is -2.01. The monoisotopic (exact) mass is 250 g/mol. The van der Waals surface area contributed by atoms with Gasteiger partial charge in [0, 0.05) is 11.9 Å². The molecule has 2 aromatic heterocycles. The Morgan fingerprint density at radius 1 is 1.33 bits per heavy atom. The number of aromatic nitrogens is 3. The van der Waals surface area contributed by atoms with Crippen molar-refractivity contribution in [3.63, 3.8) is 0 Å². The molecule has 0 aromatic carbocycles. The number of carbonyl (C=O) groups is 2. The Morgan fingerprint density at radius 2 is 2.06 bits per heavy atom. The number of carboxylic acids is 1. The maximum absolute atomic E-state index is 11.7. The first-order valence-electron chi connectivity index (χ1n) is 4.99. The molecule has 0 saturated carbocycles. The number of imidazole rings is 1. The molecule has 0 unspecified atom stereocenters. The van der Waals surface area contributed by atoms with E-state index in [9.17, 15) is 14.4 Å². The van der Waals surface area contributed by atoms with E-state index in [-0.39, 0.29) is 17.1 Å². The molecule has 0 fully saturated rings. The van der Waals surface area contributed by atoms with Gasteiger partial charge in [0.1, 0.15) is 11.4 Å². The van der Waals surface area contributed by atoms with Crippen LogP contribution in [0.2, 0.25) is 0 Å². The average Bonchev–Trinajstić information content (AvgIpc) is 2.85. The summed E-state index contributed by atoms with van der Waals surface area (Å²) < 4.78 is 0. The molecule has 1 amide bonds. The zero-order valence-electron chi connectivity index (χ0n) is 9.33. The molecule has 94 valence electrons. The van der Waals surface area contributed by atoms with Gasteiger partial charge in [-0.3, -0.25) is 4.79 Å². The normalized spacial score (nSPS) is 10.3. The molecule has 0 aliphatic rings. The van der Waals surface area contributed by atoms with Crippen LogP contribution < -0.4 is 11.0 Å². The second-order valence-corrected chi connectivity index (χ2v) is 3.66. The Balaban J connectivity index is 2.26. The number of hydrogen-bond donors (Lipinski definition) is 5. The second kappa shape index (κ2) is 4.24. The molecule has 0 bridgehead atoms. The molecule has 2 aromatic rings. The van der Waals surface area contributed by atoms with Gasteiger partial charge in [-0.15, -0.1) is 0 Å². The fourth-order valence-electron chi connectivity index (χ4n) is 1.50. The van der Waals surface area contributed by atoms with E-state index in [4.69, 9.17) is 5.11 Å². The summed E-state index contributed by atoms with van der Waals surface area (Å²) in [5.41, 5.74) is 0.148. The highest BCUT2D eigenvalue weighted by Gasteiger charge is 2.16. The third-order valence-electron chi connectivity index (χ3n) is 2.25. The van der Waals surface area contributed by atoms with Gasteiger partial charge in [0.25, 0.3) is 5.91 Å². The number of amides is 1. The van der Waals surface area contributed by atoms with Crippen LogP contribution in [0, 0.1) is 6.92 Å². The summed E-state index contributed by atoms with van der Waals surface area (Å²) in [6, 6.07) is 1.49. The van der Waals surface area contributed by atoms with Crippen LogP contribution in [0.25, 0.3) is 0 Å². The van der Waals surface area contributed by atoms with Crippen molar-refractivity contribution in [2.45, 2.75) is 6.92 Å². The van der Waals surface area contributed by atoms with Crippen LogP contribution in [0.3, 0.4) is 0 Å². The molecular weight excluding hydrogens is 240 g/mol. The number of carbonyl (C=O) groups excluding carboxylic acids is 1. The highest BCUT2D eigenvalue weighted by atomic mass is 16.4. The lowest BCUT2D eigenvalue weighted by molar-refractivity contribution is 0.0692. The molecule has 2 rings (SSSR count). The predicted molar refractivity (Wildman–Crippen MR) is 61.9 cm³/mol. The minimum absolute atomic E-state index is 0.0233. The first kappa shape index (κ1) is 11.7. The van der Waals surface area contributed by atoms with Crippen LogP contribution in [-0.2, 0) is 0 Å². The number of carboxylic acid groups (broad SMARTS) is 1. The van der Waals surface area contributed by atoms with Gasteiger partial charge in [0.2, 0.25) is 0 Å². The van der Waals surface area contributed by atoms with E-state index in [1.54, 1.807) is 6.92 Å². The number of anilines is 1. The fourth-order valence-corrected chi connectivity index (χ4v) is 1.50. The van der Waals surface area contributed by atoms with Crippen LogP contribution in [-0.4, -0.2) is 31.9 Å². The highest BCUT2D eigenvalue weighted by molar-refractivity contribution is 6.06. The summed E-state index contributed by atoms with van der Waals surface area (Å²) in [6.45, 7) is 1.67. The van der Waals surface area contributed by atoms with E-state index < -0.39 is 17.6 Å². The number of H-pyrrole nitrogens is 3. The number of aryl methyl sites for hydroxylation is 1. The van der Waals surface area contributed by atoms with Crippen molar-refractivity contribution >= 4 is 17.6 Å². The fraction of sp³-hybridized carbons (Fsp3) is 0.100. The number of aromatic carboxylic acids is 1. The molecule has 2 heterocycles. The minimum atomic E-state index is -1.18. The largest absolute Gasteiger partial charge is 0.477 e. The number of rotatable bonds is 3. The Bertz CT molecular complexity index is 663. The van der Waals surface area contributed by atoms with Crippen LogP contribution in [0.5, 0.6) is 0 Å². The van der Waals surface area contributed by atoms with Gasteiger partial charge in [0.15, 0.2) is 0 Å². The first-order chi connectivity index (χ1) is 8.47. The Morgan fingerprint density at radius 3 is 2.61 bits per heavy atom. The van der Waals surface area contributed by atoms with Crippen LogP contribution in [0.15, 0.2) is 17.1 Å². The average molecular weight is 250 g/mol. The van der Waals surface area contributed by atoms with Crippen molar-refractivity contribution < 1.29 is 14.7 Å². The zero-order valence-corrected chi connectivity index (χ0v) is 9.33. The molecule has 0 spiro atoms. The van der Waals surface area contributed by atoms with Gasteiger partial charge < -0.3 is 25.4 Å². The number of hydrogen-bond acceptors (Lipinski definition) is 3. The van der Waals surface area contributed by atoms with E-state index in [1.807, 2.05) is 0 Å². The zero-order chi connectivity index (χ0) is 13.3. The summed E-state index contributed by atoms with van der Waals surface area (Å²) in [4.78, 5) is 40.6. The maximum Gasteiger partial charge on any atom is 0.354 e. The second-order valence-electron chi connectivity index (χ2n) is 3.66. The molecule has 8 nitrogen and oxygen atoms in total. The van der Waals surface area contributed by atoms with Crippen molar-refractivity contribution in [3.05, 3.63) is 39.8 Å². The molecular formula is C10H10N4O4. The molecule has 0 atom stereocenters. The quantitative estimate of drug-likeness (QED) is 0.535. The van der Waals surface area contributed by atoms with Crippen molar-refractivity contribution in [2.75, 3.05) is 5.32 Å². The van der Waals surface area contributed by atoms with Crippen molar-refractivity contribution in [1.29, 1.82) is 0 Å². The summed E-state index contributed by atoms with van der Waals surface area (Å²) in [6.07, 6.45) is 1.21. The Kier molecular flexibility index (Phi) is 2.76.